The van der Waals surface area contributed by atoms with Gasteiger partial charge in [-0.1, -0.05) is 64.1 Å². The monoisotopic (exact) mass is 766 g/mol. The van der Waals surface area contributed by atoms with Gasteiger partial charge in [-0.15, -0.1) is 0 Å². The lowest BCUT2D eigenvalue weighted by molar-refractivity contribution is 0.0859. The van der Waals surface area contributed by atoms with E-state index in [9.17, 15) is 1.37 Å². The molecule has 7 rings (SSSR count). The summed E-state index contributed by atoms with van der Waals surface area (Å²) in [5.74, 6) is 2.29. The number of rotatable bonds is 14. The Labute approximate surface area is 313 Å². The van der Waals surface area contributed by atoms with E-state index in [2.05, 4.69) is 118 Å². The molecule has 3 saturated heterocycles. The van der Waals surface area contributed by atoms with Gasteiger partial charge in [0.05, 0.1) is 34.2 Å². The third-order valence-electron chi connectivity index (χ3n) is 11.0. The fourth-order valence-corrected chi connectivity index (χ4v) is 10.2. The number of hydrogen-bond acceptors (Lipinski definition) is 7. The van der Waals surface area contributed by atoms with E-state index in [1.165, 1.54) is 18.4 Å². The summed E-state index contributed by atoms with van der Waals surface area (Å²) in [6.45, 7) is 19.6. The molecule has 0 bridgehead atoms. The first-order valence-corrected chi connectivity index (χ1v) is 27.6. The maximum absolute atomic E-state index is 9.51. The molecule has 9 nitrogen and oxygen atoms in total. The van der Waals surface area contributed by atoms with Crippen LogP contribution in [0.15, 0.2) is 36.4 Å². The number of imidazole rings is 2. The van der Waals surface area contributed by atoms with Crippen LogP contribution in [0.1, 0.15) is 68.7 Å². The molecule has 2 aromatic carbocycles. The zero-order valence-electron chi connectivity index (χ0n) is 32.8. The predicted octanol–water partition coefficient (Wildman–Crippen LogP) is 8.86. The highest BCUT2D eigenvalue weighted by Gasteiger charge is 2.31. The van der Waals surface area contributed by atoms with E-state index in [1.54, 1.807) is 0 Å². The van der Waals surface area contributed by atoms with Gasteiger partial charge < -0.3 is 23.5 Å². The molecule has 0 amide bonds. The number of ether oxygens (including phenoxy) is 2. The second-order valence-electron chi connectivity index (χ2n) is 17.4. The first-order valence-electron chi connectivity index (χ1n) is 19.7. The van der Waals surface area contributed by atoms with Crippen molar-refractivity contribution in [3.05, 3.63) is 53.6 Å². The Hall–Kier alpha value is -1.69. The minimum absolute atomic E-state index is 0.100. The highest BCUT2D eigenvalue weighted by atomic mass is 31.0. The van der Waals surface area contributed by atoms with Crippen LogP contribution < -0.4 is 4.90 Å². The summed E-state index contributed by atoms with van der Waals surface area (Å²) < 4.78 is 31.4. The summed E-state index contributed by atoms with van der Waals surface area (Å²) >= 11 is 0. The number of benzene rings is 2. The third-order valence-corrected chi connectivity index (χ3v) is 15.6. The molecule has 0 saturated carbocycles. The maximum Gasteiger partial charge on any atom is 0.129 e. The van der Waals surface area contributed by atoms with E-state index in [4.69, 9.17) is 19.4 Å². The second kappa shape index (κ2) is 15.6. The molecule has 0 spiro atoms. The smallest absolute Gasteiger partial charge is 0.129 e. The van der Waals surface area contributed by atoms with Crippen molar-refractivity contribution >= 4 is 62.7 Å². The van der Waals surface area contributed by atoms with Gasteiger partial charge >= 0.3 is 0 Å². The van der Waals surface area contributed by atoms with Crippen LogP contribution in [0.5, 0.6) is 0 Å². The standard InChI is InChI=1S/C38H61N7O2P2Si2/c1-50(2,3)21-19-46-26-42-33-13-11-28(23-31(33)39-37(42)35-9-7-16-44(35)48)29-15-18-41(25-29)30-12-14-34-32(24-30)40-38(36-10-8-17-45(36)49)43(34)27-47-20-22-51(4,5)6/h11-14,23-24,29,35-36H,7-10,15-22,25-27,48-49H2,1-6H3/i25D. The number of nitrogens with zero attached hydrogens (tertiary/aromatic N) is 7. The Balaban J connectivity index is 1.12. The lowest BCUT2D eigenvalue weighted by Gasteiger charge is -2.21. The molecule has 2 aromatic heterocycles. The molecule has 4 aromatic rings. The van der Waals surface area contributed by atoms with Crippen LogP contribution in [0.4, 0.5) is 5.69 Å². The third kappa shape index (κ3) is 8.67. The molecule has 3 aliphatic rings. The molecule has 3 aliphatic heterocycles. The van der Waals surface area contributed by atoms with Gasteiger partial charge in [-0.05, 0) is 80.1 Å². The van der Waals surface area contributed by atoms with Crippen molar-refractivity contribution in [3.8, 4) is 0 Å². The Bertz CT molecular complexity index is 1730. The van der Waals surface area contributed by atoms with Crippen molar-refractivity contribution in [1.29, 1.82) is 0 Å². The van der Waals surface area contributed by atoms with Crippen molar-refractivity contribution in [2.75, 3.05) is 44.3 Å². The lowest BCUT2D eigenvalue weighted by atomic mass is 9.98. The molecule has 13 heteroatoms. The first kappa shape index (κ1) is 36.3. The van der Waals surface area contributed by atoms with E-state index in [1.807, 2.05) is 0 Å². The molecule has 0 N–H and O–H groups in total. The van der Waals surface area contributed by atoms with Crippen LogP contribution in [0, 0.1) is 0 Å². The number of anilines is 1. The van der Waals surface area contributed by atoms with Crippen LogP contribution in [0.2, 0.25) is 51.4 Å². The van der Waals surface area contributed by atoms with Gasteiger partial charge in [0, 0.05) is 68.5 Å². The van der Waals surface area contributed by atoms with Gasteiger partial charge in [-0.2, -0.15) is 0 Å². The zero-order valence-corrected chi connectivity index (χ0v) is 36.1. The van der Waals surface area contributed by atoms with Crippen LogP contribution in [-0.4, -0.2) is 84.0 Å². The van der Waals surface area contributed by atoms with Crippen LogP contribution in [0.25, 0.3) is 22.1 Å². The molecule has 51 heavy (non-hydrogen) atoms. The fourth-order valence-electron chi connectivity index (χ4n) is 7.80. The van der Waals surface area contributed by atoms with Gasteiger partial charge in [-0.3, -0.25) is 9.34 Å². The number of aromatic nitrogens is 4. The minimum Gasteiger partial charge on any atom is -0.371 e. The average molecular weight is 767 g/mol. The normalized spacial score (nSPS) is 24.2. The highest BCUT2D eigenvalue weighted by molar-refractivity contribution is 7.13. The van der Waals surface area contributed by atoms with Crippen molar-refractivity contribution < 1.29 is 10.8 Å². The van der Waals surface area contributed by atoms with Crippen LogP contribution in [0.3, 0.4) is 0 Å². The summed E-state index contributed by atoms with van der Waals surface area (Å²) in [5.41, 5.74) is 6.51. The molecule has 6 unspecified atom stereocenters. The zero-order chi connectivity index (χ0) is 36.8. The summed E-state index contributed by atoms with van der Waals surface area (Å²) in [7, 11) is 3.50. The van der Waals surface area contributed by atoms with Gasteiger partial charge in [-0.25, -0.2) is 9.97 Å². The van der Waals surface area contributed by atoms with Crippen molar-refractivity contribution in [2.24, 2.45) is 0 Å². The lowest BCUT2D eigenvalue weighted by Crippen LogP contribution is -2.22. The van der Waals surface area contributed by atoms with E-state index >= 15 is 0 Å². The van der Waals surface area contributed by atoms with Gasteiger partial charge in [0.15, 0.2) is 0 Å². The van der Waals surface area contributed by atoms with E-state index in [-0.39, 0.29) is 24.5 Å². The summed E-state index contributed by atoms with van der Waals surface area (Å²) in [6, 6.07) is 16.2. The topological polar surface area (TPSA) is 63.8 Å². The minimum atomic E-state index is -1.17. The van der Waals surface area contributed by atoms with Crippen LogP contribution in [-0.2, 0) is 22.9 Å². The fraction of sp³-hybridized carbons (Fsp3) is 0.632. The highest BCUT2D eigenvalue weighted by Crippen LogP contribution is 2.39. The van der Waals surface area contributed by atoms with Crippen LogP contribution >= 0.6 is 18.8 Å². The molecule has 6 atom stereocenters. The van der Waals surface area contributed by atoms with Crippen molar-refractivity contribution in [1.82, 2.24) is 28.4 Å². The van der Waals surface area contributed by atoms with E-state index < -0.39 is 16.1 Å². The molecule has 278 valence electrons. The summed E-state index contributed by atoms with van der Waals surface area (Å²) in [4.78, 5) is 12.8. The predicted molar refractivity (Wildman–Crippen MR) is 224 cm³/mol. The van der Waals surface area contributed by atoms with Gasteiger partial charge in [0.1, 0.15) is 25.1 Å². The first-order chi connectivity index (χ1) is 24.8. The number of hydrogen-bond donors (Lipinski definition) is 0. The van der Waals surface area contributed by atoms with Gasteiger partial charge in [0.2, 0.25) is 0 Å². The largest absolute Gasteiger partial charge is 0.371 e. The molecule has 3 fully saturated rings. The van der Waals surface area contributed by atoms with E-state index in [0.29, 0.717) is 13.5 Å². The SMILES string of the molecule is [2H]C1C(c2ccc3c(c2)nc(C2CCCN2P)n3COCC[Si](C)(C)C)CCN1c1ccc2c(c1)nc(C1CCCN1P)n2COCC[Si](C)(C)C. The average Bonchev–Trinajstić information content (AvgIpc) is 3.91. The Morgan fingerprint density at radius 2 is 1.25 bits per heavy atom. The Kier molecular flexibility index (Phi) is 11.1. The quantitative estimate of drug-likeness (QED) is 0.0722. The van der Waals surface area contributed by atoms with Gasteiger partial charge in [0.25, 0.3) is 0 Å². The molecule has 5 heterocycles. The molecular formula is C38H61N7O2P2Si2. The van der Waals surface area contributed by atoms with E-state index in [0.717, 1.165) is 104 Å². The van der Waals surface area contributed by atoms with Crippen molar-refractivity contribution in [3.63, 3.8) is 0 Å². The molecule has 0 radical (unpaired) electrons. The summed E-state index contributed by atoms with van der Waals surface area (Å²) in [5, 5.41) is 0. The summed E-state index contributed by atoms with van der Waals surface area (Å²) in [6.07, 6.45) is 5.48. The Morgan fingerprint density at radius 3 is 1.76 bits per heavy atom. The molecule has 0 aliphatic carbocycles. The second-order valence-corrected chi connectivity index (χ2v) is 30.0. The van der Waals surface area contributed by atoms with Crippen molar-refractivity contribution in [2.45, 2.75) is 115 Å². The Morgan fingerprint density at radius 1 is 0.725 bits per heavy atom. The number of fused-ring (bicyclic) bond motifs is 2. The maximum atomic E-state index is 9.51. The molecular weight excluding hydrogens is 705 g/mol.